The highest BCUT2D eigenvalue weighted by Gasteiger charge is 2.65. The van der Waals surface area contributed by atoms with Crippen molar-refractivity contribution in [2.24, 2.45) is 5.10 Å². The molecular formula is C15H18BrN2+. The van der Waals surface area contributed by atoms with E-state index < -0.39 is 0 Å². The summed E-state index contributed by atoms with van der Waals surface area (Å²) in [5, 5.41) is 4.68. The lowest BCUT2D eigenvalue weighted by Crippen LogP contribution is -2.17. The maximum atomic E-state index is 4.68. The number of allylic oxidation sites excluding steroid dienone is 1. The number of benzene rings is 1. The molecule has 1 saturated heterocycles. The van der Waals surface area contributed by atoms with Gasteiger partial charge in [-0.15, -0.1) is 0 Å². The van der Waals surface area contributed by atoms with Gasteiger partial charge in [0.15, 0.2) is 12.1 Å². The third kappa shape index (κ3) is 1.61. The third-order valence-electron chi connectivity index (χ3n) is 4.10. The minimum Gasteiger partial charge on any atom is -0.156 e. The Hall–Kier alpha value is -0.930. The largest absolute Gasteiger partial charge is 0.174 e. The molecule has 2 nitrogen and oxygen atoms in total. The highest BCUT2D eigenvalue weighted by molar-refractivity contribution is 9.10. The Labute approximate surface area is 117 Å². The van der Waals surface area contributed by atoms with E-state index in [9.17, 15) is 0 Å². The van der Waals surface area contributed by atoms with Gasteiger partial charge < -0.3 is 0 Å². The van der Waals surface area contributed by atoms with E-state index in [1.807, 2.05) is 6.21 Å². The molecule has 1 fully saturated rings. The molecule has 1 spiro atoms. The Kier molecular flexibility index (Phi) is 2.39. The van der Waals surface area contributed by atoms with Crippen molar-refractivity contribution in [2.45, 2.75) is 33.2 Å². The Morgan fingerprint density at radius 1 is 1.22 bits per heavy atom. The second-order valence-electron chi connectivity index (χ2n) is 6.05. The van der Waals surface area contributed by atoms with Crippen LogP contribution in [0.3, 0.4) is 0 Å². The van der Waals surface area contributed by atoms with Crippen molar-refractivity contribution in [3.8, 4) is 0 Å². The zero-order valence-corrected chi connectivity index (χ0v) is 12.9. The quantitative estimate of drug-likeness (QED) is 0.549. The van der Waals surface area contributed by atoms with Crippen LogP contribution in [0.1, 0.15) is 30.5 Å². The van der Waals surface area contributed by atoms with Gasteiger partial charge in [-0.3, -0.25) is 0 Å². The fraction of sp³-hybridized carbons (Fsp3) is 0.400. The monoisotopic (exact) mass is 305 g/mol. The fourth-order valence-corrected chi connectivity index (χ4v) is 2.92. The van der Waals surface area contributed by atoms with Gasteiger partial charge in [0.2, 0.25) is 0 Å². The highest BCUT2D eigenvalue weighted by Crippen LogP contribution is 2.47. The van der Waals surface area contributed by atoms with Crippen LogP contribution in [-0.2, 0) is 0 Å². The van der Waals surface area contributed by atoms with Gasteiger partial charge in [-0.1, -0.05) is 33.2 Å². The molecule has 1 aromatic rings. The van der Waals surface area contributed by atoms with Crippen LogP contribution in [0.25, 0.3) is 5.57 Å². The first-order valence-corrected chi connectivity index (χ1v) is 7.07. The summed E-state index contributed by atoms with van der Waals surface area (Å²) in [6.45, 7) is 9.92. The Balaban J connectivity index is 2.02. The number of rotatable bonds is 1. The molecule has 94 valence electrons. The lowest BCUT2D eigenvalue weighted by molar-refractivity contribution is -0.776. The Morgan fingerprint density at radius 3 is 2.22 bits per heavy atom. The molecule has 2 aliphatic heterocycles. The molecule has 0 saturated carbocycles. The van der Waals surface area contributed by atoms with E-state index >= 15 is 0 Å². The fourth-order valence-electron chi connectivity index (χ4n) is 2.70. The molecule has 18 heavy (non-hydrogen) atoms. The summed E-state index contributed by atoms with van der Waals surface area (Å²) in [7, 11) is 0. The summed E-state index contributed by atoms with van der Waals surface area (Å²) in [5.41, 5.74) is 5.36. The summed E-state index contributed by atoms with van der Waals surface area (Å²) in [6.07, 6.45) is 4.32. The molecule has 1 atom stereocenters. The number of nitrogens with zero attached hydrogens (tertiary/aromatic N) is 2. The van der Waals surface area contributed by atoms with Gasteiger partial charge in [0, 0.05) is 4.47 Å². The van der Waals surface area contributed by atoms with Crippen LogP contribution in [0.2, 0.25) is 0 Å². The summed E-state index contributed by atoms with van der Waals surface area (Å²) in [5.74, 6) is 0. The zero-order valence-electron chi connectivity index (χ0n) is 11.3. The first-order chi connectivity index (χ1) is 8.35. The third-order valence-corrected chi connectivity index (χ3v) is 5.35. The van der Waals surface area contributed by atoms with E-state index in [0.29, 0.717) is 0 Å². The summed E-state index contributed by atoms with van der Waals surface area (Å²) < 4.78 is 1.98. The second-order valence-corrected chi connectivity index (χ2v) is 6.84. The minimum absolute atomic E-state index is 0.275. The van der Waals surface area contributed by atoms with Crippen molar-refractivity contribution in [2.75, 3.05) is 6.54 Å². The highest BCUT2D eigenvalue weighted by atomic mass is 79.9. The van der Waals surface area contributed by atoms with Crippen molar-refractivity contribution in [3.63, 3.8) is 0 Å². The minimum atomic E-state index is 0.275. The summed E-state index contributed by atoms with van der Waals surface area (Å²) in [4.78, 5) is 0. The molecule has 0 amide bonds. The summed E-state index contributed by atoms with van der Waals surface area (Å²) in [6, 6.07) is 4.46. The van der Waals surface area contributed by atoms with Gasteiger partial charge in [-0.2, -0.15) is 4.59 Å². The van der Waals surface area contributed by atoms with Gasteiger partial charge in [-0.25, -0.2) is 0 Å². The van der Waals surface area contributed by atoms with Crippen LogP contribution in [0, 0.1) is 13.8 Å². The van der Waals surface area contributed by atoms with Crippen molar-refractivity contribution in [3.05, 3.63) is 39.5 Å². The smallest absolute Gasteiger partial charge is 0.156 e. The number of quaternary nitrogens is 1. The molecule has 0 N–H and O–H groups in total. The Morgan fingerprint density at radius 2 is 1.78 bits per heavy atom. The molecule has 3 heteroatoms. The number of hydrogen-bond donors (Lipinski definition) is 0. The van der Waals surface area contributed by atoms with Crippen molar-refractivity contribution in [1.82, 2.24) is 0 Å². The van der Waals surface area contributed by atoms with Gasteiger partial charge in [0.05, 0.1) is 11.8 Å². The number of aryl methyl sites for hydroxylation is 2. The van der Waals surface area contributed by atoms with Crippen LogP contribution in [0.4, 0.5) is 0 Å². The van der Waals surface area contributed by atoms with Crippen molar-refractivity contribution in [1.29, 1.82) is 0 Å². The zero-order chi connectivity index (χ0) is 13.1. The van der Waals surface area contributed by atoms with Gasteiger partial charge in [0.25, 0.3) is 0 Å². The number of hydrogen-bond acceptors (Lipinski definition) is 1. The average molecular weight is 306 g/mol. The first kappa shape index (κ1) is 12.1. The average Bonchev–Trinajstić information content (AvgIpc) is 2.66. The molecule has 2 heterocycles. The SMILES string of the molecule is Cc1cc(C2=C[N+]3(CC3(C)C)N=C2)cc(C)c1Br. The van der Waals surface area contributed by atoms with Crippen LogP contribution >= 0.6 is 15.9 Å². The van der Waals surface area contributed by atoms with Crippen molar-refractivity contribution >= 4 is 27.7 Å². The lowest BCUT2D eigenvalue weighted by atomic mass is 10.0. The molecule has 0 aliphatic carbocycles. The van der Waals surface area contributed by atoms with Gasteiger partial charge in [-0.05, 0) is 44.4 Å². The standard InChI is InChI=1S/C15H18BrN2/c1-10-5-12(6-11(2)14(10)16)13-7-17-18(8-13)9-15(18,3)4/h5-8H,9H2,1-4H3/q+1. The van der Waals surface area contributed by atoms with E-state index in [-0.39, 0.29) is 5.54 Å². The van der Waals surface area contributed by atoms with Gasteiger partial charge in [0.1, 0.15) is 6.20 Å². The van der Waals surface area contributed by atoms with Gasteiger partial charge >= 0.3 is 0 Å². The summed E-state index contributed by atoms with van der Waals surface area (Å²) >= 11 is 3.62. The van der Waals surface area contributed by atoms with E-state index in [1.54, 1.807) is 0 Å². The van der Waals surface area contributed by atoms with Crippen LogP contribution in [-0.4, -0.2) is 22.9 Å². The normalized spacial score (nSPS) is 27.7. The van der Waals surface area contributed by atoms with Crippen LogP contribution in [0.15, 0.2) is 27.9 Å². The maximum Gasteiger partial charge on any atom is 0.174 e. The predicted molar refractivity (Wildman–Crippen MR) is 79.3 cm³/mol. The van der Waals surface area contributed by atoms with Crippen molar-refractivity contribution < 1.29 is 4.59 Å². The lowest BCUT2D eigenvalue weighted by Gasteiger charge is -2.07. The van der Waals surface area contributed by atoms with E-state index in [2.05, 4.69) is 67.1 Å². The molecule has 2 aliphatic rings. The van der Waals surface area contributed by atoms with Crippen LogP contribution in [0.5, 0.6) is 0 Å². The first-order valence-electron chi connectivity index (χ1n) is 6.28. The molecule has 0 bridgehead atoms. The predicted octanol–water partition coefficient (Wildman–Crippen LogP) is 4.02. The number of halogens is 1. The molecule has 1 unspecified atom stereocenters. The maximum absolute atomic E-state index is 4.68. The topological polar surface area (TPSA) is 12.4 Å². The van der Waals surface area contributed by atoms with E-state index in [0.717, 1.165) is 11.1 Å². The molecule has 1 aromatic carbocycles. The Bertz CT molecular complexity index is 576. The van der Waals surface area contributed by atoms with Crippen LogP contribution < -0.4 is 0 Å². The molecule has 3 rings (SSSR count). The van der Waals surface area contributed by atoms with E-state index in [4.69, 9.17) is 0 Å². The van der Waals surface area contributed by atoms with E-state index in [1.165, 1.54) is 26.7 Å². The second kappa shape index (κ2) is 3.55. The molecule has 0 radical (unpaired) electrons. The molecular weight excluding hydrogens is 288 g/mol. The molecule has 0 aromatic heterocycles.